The molecule has 2 amide bonds. The molecule has 0 spiro atoms. The molecule has 0 saturated heterocycles. The Hall–Kier alpha value is -3.39. The summed E-state index contributed by atoms with van der Waals surface area (Å²) in [5.41, 5.74) is 4.69. The van der Waals surface area contributed by atoms with Crippen molar-refractivity contribution in [2.75, 3.05) is 26.8 Å². The van der Waals surface area contributed by atoms with Gasteiger partial charge in [0, 0.05) is 32.5 Å². The highest BCUT2D eigenvalue weighted by molar-refractivity contribution is 5.79. The van der Waals surface area contributed by atoms with E-state index in [9.17, 15) is 14.4 Å². The maximum atomic E-state index is 12.1. The molecule has 2 aromatic carbocycles. The molecule has 1 aliphatic carbocycles. The van der Waals surface area contributed by atoms with Gasteiger partial charge in [0.15, 0.2) is 0 Å². The molecular formula is C25H30N2O6. The number of amides is 2. The largest absolute Gasteiger partial charge is 0.481 e. The molecule has 176 valence electrons. The third-order valence-corrected chi connectivity index (χ3v) is 5.71. The standard InChI is InChI=1S/C25H30N2O6/c1-32-17(14-24(29)30)15-27-23(28)12-6-7-13-26-25(31)33-16-22-20-10-4-2-8-18(20)19-9-3-5-11-21(19)22/h2-5,8-11,17,22H,6-7,12-16H2,1H3,(H,26,31)(H,27,28)(H,29,30). The lowest BCUT2D eigenvalue weighted by molar-refractivity contribution is -0.140. The fraction of sp³-hybridized carbons (Fsp3) is 0.400. The van der Waals surface area contributed by atoms with Crippen molar-refractivity contribution in [3.8, 4) is 11.1 Å². The summed E-state index contributed by atoms with van der Waals surface area (Å²) in [5, 5.41) is 14.2. The summed E-state index contributed by atoms with van der Waals surface area (Å²) in [5.74, 6) is -1.14. The Balaban J connectivity index is 1.33. The summed E-state index contributed by atoms with van der Waals surface area (Å²) in [6.45, 7) is 0.822. The molecular weight excluding hydrogens is 424 g/mol. The lowest BCUT2D eigenvalue weighted by Crippen LogP contribution is -2.34. The molecule has 0 aliphatic heterocycles. The molecule has 0 saturated carbocycles. The highest BCUT2D eigenvalue weighted by atomic mass is 16.5. The van der Waals surface area contributed by atoms with Crippen molar-refractivity contribution in [2.45, 2.75) is 37.7 Å². The number of benzene rings is 2. The zero-order chi connectivity index (χ0) is 23.6. The number of ether oxygens (including phenoxy) is 2. The van der Waals surface area contributed by atoms with Crippen molar-refractivity contribution < 1.29 is 29.0 Å². The number of methoxy groups -OCH3 is 1. The zero-order valence-corrected chi connectivity index (χ0v) is 18.7. The molecule has 8 nitrogen and oxygen atoms in total. The normalized spacial score (nSPS) is 13.0. The number of rotatable bonds is 12. The number of nitrogens with one attached hydrogen (secondary N) is 2. The van der Waals surface area contributed by atoms with E-state index in [0.29, 0.717) is 19.4 Å². The first-order valence-electron chi connectivity index (χ1n) is 11.1. The van der Waals surface area contributed by atoms with Crippen LogP contribution in [0, 0.1) is 0 Å². The number of carboxylic acids is 1. The van der Waals surface area contributed by atoms with Crippen LogP contribution in [0.15, 0.2) is 48.5 Å². The van der Waals surface area contributed by atoms with Crippen LogP contribution in [-0.2, 0) is 19.1 Å². The van der Waals surface area contributed by atoms with Gasteiger partial charge < -0.3 is 25.2 Å². The van der Waals surface area contributed by atoms with Gasteiger partial charge in [0.05, 0.1) is 12.5 Å². The fourth-order valence-electron chi connectivity index (χ4n) is 4.00. The second-order valence-corrected chi connectivity index (χ2v) is 7.97. The van der Waals surface area contributed by atoms with Crippen LogP contribution >= 0.6 is 0 Å². The predicted molar refractivity (Wildman–Crippen MR) is 123 cm³/mol. The van der Waals surface area contributed by atoms with Crippen LogP contribution in [0.5, 0.6) is 0 Å². The predicted octanol–water partition coefficient (Wildman–Crippen LogP) is 3.30. The van der Waals surface area contributed by atoms with Crippen LogP contribution in [0.25, 0.3) is 11.1 Å². The van der Waals surface area contributed by atoms with Crippen LogP contribution < -0.4 is 10.6 Å². The Morgan fingerprint density at radius 3 is 2.21 bits per heavy atom. The highest BCUT2D eigenvalue weighted by Crippen LogP contribution is 2.44. The van der Waals surface area contributed by atoms with Crippen LogP contribution in [0.4, 0.5) is 4.79 Å². The van der Waals surface area contributed by atoms with Crippen molar-refractivity contribution in [1.82, 2.24) is 10.6 Å². The van der Waals surface area contributed by atoms with Crippen LogP contribution in [0.3, 0.4) is 0 Å². The van der Waals surface area contributed by atoms with Gasteiger partial charge in [0.25, 0.3) is 0 Å². The number of carboxylic acid groups (broad SMARTS) is 1. The van der Waals surface area contributed by atoms with Gasteiger partial charge in [-0.1, -0.05) is 48.5 Å². The molecule has 0 radical (unpaired) electrons. The van der Waals surface area contributed by atoms with E-state index < -0.39 is 18.2 Å². The molecule has 3 rings (SSSR count). The number of fused-ring (bicyclic) bond motifs is 3. The van der Waals surface area contributed by atoms with Gasteiger partial charge in [-0.25, -0.2) is 4.79 Å². The third-order valence-electron chi connectivity index (χ3n) is 5.71. The minimum atomic E-state index is -0.976. The maximum Gasteiger partial charge on any atom is 0.407 e. The fourth-order valence-corrected chi connectivity index (χ4v) is 4.00. The number of carbonyl (C=O) groups excluding carboxylic acids is 2. The molecule has 8 heteroatoms. The summed E-state index contributed by atoms with van der Waals surface area (Å²) < 4.78 is 10.5. The molecule has 0 heterocycles. The first-order chi connectivity index (χ1) is 16.0. The first-order valence-corrected chi connectivity index (χ1v) is 11.1. The topological polar surface area (TPSA) is 114 Å². The van der Waals surface area contributed by atoms with Crippen molar-refractivity contribution >= 4 is 18.0 Å². The summed E-state index contributed by atoms with van der Waals surface area (Å²) in [6.07, 6.45) is 0.308. The maximum absolute atomic E-state index is 12.1. The van der Waals surface area contributed by atoms with Crippen molar-refractivity contribution in [2.24, 2.45) is 0 Å². The average molecular weight is 455 g/mol. The van der Waals surface area contributed by atoms with Crippen molar-refractivity contribution in [3.05, 3.63) is 59.7 Å². The van der Waals surface area contributed by atoms with Crippen molar-refractivity contribution in [3.63, 3.8) is 0 Å². The molecule has 33 heavy (non-hydrogen) atoms. The average Bonchev–Trinajstić information content (AvgIpc) is 3.13. The number of hydrogen-bond donors (Lipinski definition) is 3. The first kappa shape index (κ1) is 24.3. The van der Waals surface area contributed by atoms with Gasteiger partial charge in [-0.3, -0.25) is 9.59 Å². The number of hydrogen-bond acceptors (Lipinski definition) is 5. The smallest absolute Gasteiger partial charge is 0.407 e. The lowest BCUT2D eigenvalue weighted by atomic mass is 9.98. The lowest BCUT2D eigenvalue weighted by Gasteiger charge is -2.15. The Morgan fingerprint density at radius 2 is 1.61 bits per heavy atom. The van der Waals surface area contributed by atoms with E-state index in [1.807, 2.05) is 24.3 Å². The Bertz CT molecular complexity index is 931. The summed E-state index contributed by atoms with van der Waals surface area (Å²) >= 11 is 0. The van der Waals surface area contributed by atoms with Gasteiger partial charge in [0.1, 0.15) is 6.61 Å². The van der Waals surface area contributed by atoms with Crippen LogP contribution in [-0.4, -0.2) is 56.0 Å². The van der Waals surface area contributed by atoms with E-state index >= 15 is 0 Å². The van der Waals surface area contributed by atoms with E-state index in [1.165, 1.54) is 18.2 Å². The third kappa shape index (κ3) is 6.79. The summed E-state index contributed by atoms with van der Waals surface area (Å²) in [6, 6.07) is 16.3. The van der Waals surface area contributed by atoms with E-state index in [2.05, 4.69) is 34.9 Å². The van der Waals surface area contributed by atoms with Gasteiger partial charge in [-0.2, -0.15) is 0 Å². The zero-order valence-electron chi connectivity index (χ0n) is 18.7. The Labute approximate surface area is 193 Å². The quantitative estimate of drug-likeness (QED) is 0.424. The SMILES string of the molecule is COC(CNC(=O)CCCCNC(=O)OCC1c2ccccc2-c2ccccc21)CC(=O)O. The second kappa shape index (κ2) is 12.0. The number of aliphatic carboxylic acids is 1. The molecule has 1 unspecified atom stereocenters. The van der Waals surface area contributed by atoms with Gasteiger partial charge in [0.2, 0.25) is 5.91 Å². The second-order valence-electron chi connectivity index (χ2n) is 7.97. The van der Waals surface area contributed by atoms with E-state index in [0.717, 1.165) is 11.1 Å². The minimum absolute atomic E-state index is 0.0175. The number of alkyl carbamates (subject to hydrolysis) is 1. The van der Waals surface area contributed by atoms with Crippen molar-refractivity contribution in [1.29, 1.82) is 0 Å². The molecule has 1 atom stereocenters. The van der Waals surface area contributed by atoms with Gasteiger partial charge in [-0.15, -0.1) is 0 Å². The van der Waals surface area contributed by atoms with E-state index in [1.54, 1.807) is 0 Å². The highest BCUT2D eigenvalue weighted by Gasteiger charge is 2.28. The molecule has 2 aromatic rings. The molecule has 1 aliphatic rings. The molecule has 0 aromatic heterocycles. The minimum Gasteiger partial charge on any atom is -0.481 e. The Morgan fingerprint density at radius 1 is 0.970 bits per heavy atom. The number of unbranched alkanes of at least 4 members (excludes halogenated alkanes) is 1. The number of carbonyl (C=O) groups is 3. The van der Waals surface area contributed by atoms with Crippen LogP contribution in [0.1, 0.15) is 42.7 Å². The van der Waals surface area contributed by atoms with E-state index in [-0.39, 0.29) is 37.8 Å². The Kier molecular flexibility index (Phi) is 8.83. The summed E-state index contributed by atoms with van der Waals surface area (Å²) in [7, 11) is 1.41. The molecule has 0 fully saturated rings. The van der Waals surface area contributed by atoms with E-state index in [4.69, 9.17) is 14.6 Å². The monoisotopic (exact) mass is 454 g/mol. The summed E-state index contributed by atoms with van der Waals surface area (Å²) in [4.78, 5) is 34.7. The molecule has 0 bridgehead atoms. The van der Waals surface area contributed by atoms with Gasteiger partial charge >= 0.3 is 12.1 Å². The molecule has 3 N–H and O–H groups in total. The van der Waals surface area contributed by atoms with Crippen LogP contribution in [0.2, 0.25) is 0 Å². The van der Waals surface area contributed by atoms with Gasteiger partial charge in [-0.05, 0) is 35.1 Å².